The monoisotopic (exact) mass is 213 g/mol. The Kier molecular flexibility index (Phi) is 3.10. The van der Waals surface area contributed by atoms with Gasteiger partial charge in [-0.25, -0.2) is 0 Å². The van der Waals surface area contributed by atoms with E-state index < -0.39 is 5.41 Å². The molecule has 0 fully saturated rings. The number of nitrogens with zero attached hydrogens (tertiary/aromatic N) is 1. The van der Waals surface area contributed by atoms with Crippen LogP contribution in [-0.4, -0.2) is 22.5 Å². The van der Waals surface area contributed by atoms with Gasteiger partial charge in [-0.2, -0.15) is 0 Å². The molecule has 1 aromatic heterocycles. The van der Waals surface area contributed by atoms with E-state index in [0.717, 1.165) is 0 Å². The smallest absolute Gasteiger partial charge is 0.227 e. The molecular formula is C9H15N3OS. The fourth-order valence-corrected chi connectivity index (χ4v) is 1.50. The van der Waals surface area contributed by atoms with E-state index in [2.05, 4.69) is 10.3 Å². The van der Waals surface area contributed by atoms with Gasteiger partial charge in [0.25, 0.3) is 0 Å². The maximum Gasteiger partial charge on any atom is 0.227 e. The highest BCUT2D eigenvalue weighted by Gasteiger charge is 2.27. The lowest BCUT2D eigenvalue weighted by Crippen LogP contribution is -2.37. The highest BCUT2D eigenvalue weighted by atomic mass is 32.1. The Bertz CT molecular complexity index is 377. The molecule has 0 spiro atoms. The molecule has 0 saturated heterocycles. The summed E-state index contributed by atoms with van der Waals surface area (Å²) in [4.78, 5) is 14.4. The van der Waals surface area contributed by atoms with Gasteiger partial charge in [-0.3, -0.25) is 4.79 Å². The topological polar surface area (TPSA) is 49.8 Å². The number of hydrogen-bond acceptors (Lipinski definition) is 2. The summed E-state index contributed by atoms with van der Waals surface area (Å²) >= 11 is 5.05. The standard InChI is InChI=1S/C9H15N3OS/c1-9(2,7(13)10-3)6-12-5-4-11-8(12)14/h4-5H,6H2,1-3H3,(H,10,13)(H,11,14). The molecule has 0 aliphatic rings. The first kappa shape index (κ1) is 11.0. The van der Waals surface area contributed by atoms with Gasteiger partial charge in [-0.1, -0.05) is 0 Å². The van der Waals surface area contributed by atoms with E-state index in [-0.39, 0.29) is 5.91 Å². The maximum absolute atomic E-state index is 11.5. The quantitative estimate of drug-likeness (QED) is 0.744. The summed E-state index contributed by atoms with van der Waals surface area (Å²) in [6, 6.07) is 0. The summed E-state index contributed by atoms with van der Waals surface area (Å²) in [6.07, 6.45) is 3.61. The molecule has 4 nitrogen and oxygen atoms in total. The molecule has 0 radical (unpaired) electrons. The van der Waals surface area contributed by atoms with E-state index in [9.17, 15) is 4.79 Å². The summed E-state index contributed by atoms with van der Waals surface area (Å²) in [5, 5.41) is 2.64. The van der Waals surface area contributed by atoms with Crippen molar-refractivity contribution >= 4 is 18.1 Å². The van der Waals surface area contributed by atoms with E-state index in [1.54, 1.807) is 13.2 Å². The SMILES string of the molecule is CNC(=O)C(C)(C)Cn1cc[nH]c1=S. The van der Waals surface area contributed by atoms with Crippen molar-refractivity contribution < 1.29 is 4.79 Å². The first-order valence-electron chi connectivity index (χ1n) is 4.43. The first-order chi connectivity index (χ1) is 6.47. The highest BCUT2D eigenvalue weighted by Crippen LogP contribution is 2.18. The van der Waals surface area contributed by atoms with E-state index in [0.29, 0.717) is 11.3 Å². The van der Waals surface area contributed by atoms with Crippen molar-refractivity contribution in [1.82, 2.24) is 14.9 Å². The Balaban J connectivity index is 2.83. The van der Waals surface area contributed by atoms with Gasteiger partial charge in [-0.05, 0) is 26.1 Å². The molecule has 0 unspecified atom stereocenters. The minimum Gasteiger partial charge on any atom is -0.359 e. The largest absolute Gasteiger partial charge is 0.359 e. The van der Waals surface area contributed by atoms with Crippen LogP contribution >= 0.6 is 12.2 Å². The lowest BCUT2D eigenvalue weighted by Gasteiger charge is -2.22. The summed E-state index contributed by atoms with van der Waals surface area (Å²) in [5.74, 6) is 0.0144. The zero-order valence-electron chi connectivity index (χ0n) is 8.63. The fraction of sp³-hybridized carbons (Fsp3) is 0.556. The van der Waals surface area contributed by atoms with Crippen LogP contribution in [0.5, 0.6) is 0 Å². The first-order valence-corrected chi connectivity index (χ1v) is 4.84. The van der Waals surface area contributed by atoms with Crippen molar-refractivity contribution in [2.75, 3.05) is 7.05 Å². The Hall–Kier alpha value is -1.10. The zero-order chi connectivity index (χ0) is 10.8. The minimum atomic E-state index is -0.449. The molecule has 0 aliphatic heterocycles. The van der Waals surface area contributed by atoms with Crippen molar-refractivity contribution in [1.29, 1.82) is 0 Å². The van der Waals surface area contributed by atoms with Gasteiger partial charge in [0, 0.05) is 26.0 Å². The second kappa shape index (κ2) is 3.96. The molecule has 0 atom stereocenters. The van der Waals surface area contributed by atoms with Crippen molar-refractivity contribution in [3.05, 3.63) is 17.2 Å². The second-order valence-electron chi connectivity index (χ2n) is 3.86. The molecule has 0 aromatic carbocycles. The molecule has 5 heteroatoms. The molecule has 2 N–H and O–H groups in total. The molecule has 1 rings (SSSR count). The normalized spacial score (nSPS) is 11.4. The average Bonchev–Trinajstić information content (AvgIpc) is 2.50. The second-order valence-corrected chi connectivity index (χ2v) is 4.24. The van der Waals surface area contributed by atoms with E-state index in [1.165, 1.54) is 0 Å². The number of amides is 1. The summed E-state index contributed by atoms with van der Waals surface area (Å²) in [5.41, 5.74) is -0.449. The van der Waals surface area contributed by atoms with E-state index in [1.807, 2.05) is 24.6 Å². The number of aromatic amines is 1. The fourth-order valence-electron chi connectivity index (χ4n) is 1.31. The molecule has 1 amide bonds. The van der Waals surface area contributed by atoms with Gasteiger partial charge in [0.05, 0.1) is 5.41 Å². The lowest BCUT2D eigenvalue weighted by molar-refractivity contribution is -0.129. The summed E-state index contributed by atoms with van der Waals surface area (Å²) in [7, 11) is 1.64. The molecule has 0 aliphatic carbocycles. The van der Waals surface area contributed by atoms with Gasteiger partial charge < -0.3 is 14.9 Å². The average molecular weight is 213 g/mol. The lowest BCUT2D eigenvalue weighted by atomic mass is 9.92. The molecule has 0 saturated carbocycles. The molecular weight excluding hydrogens is 198 g/mol. The number of aromatic nitrogens is 2. The third kappa shape index (κ3) is 2.23. The number of carbonyl (C=O) groups excluding carboxylic acids is 1. The van der Waals surface area contributed by atoms with Gasteiger partial charge >= 0.3 is 0 Å². The van der Waals surface area contributed by atoms with Gasteiger partial charge in [-0.15, -0.1) is 0 Å². The Labute approximate surface area is 88.3 Å². The number of nitrogens with one attached hydrogen (secondary N) is 2. The molecule has 78 valence electrons. The molecule has 1 heterocycles. The Morgan fingerprint density at radius 2 is 2.36 bits per heavy atom. The predicted molar refractivity (Wildman–Crippen MR) is 57.5 cm³/mol. The molecule has 1 aromatic rings. The van der Waals surface area contributed by atoms with Crippen LogP contribution in [0.4, 0.5) is 0 Å². The van der Waals surface area contributed by atoms with Crippen molar-refractivity contribution in [3.63, 3.8) is 0 Å². The van der Waals surface area contributed by atoms with Crippen LogP contribution in [0.2, 0.25) is 0 Å². The molecule has 0 bridgehead atoms. The number of hydrogen-bond donors (Lipinski definition) is 2. The Morgan fingerprint density at radius 1 is 1.71 bits per heavy atom. The van der Waals surface area contributed by atoms with Gasteiger partial charge in [0.15, 0.2) is 4.77 Å². The van der Waals surface area contributed by atoms with Crippen molar-refractivity contribution in [3.8, 4) is 0 Å². The number of imidazole rings is 1. The summed E-state index contributed by atoms with van der Waals surface area (Å²) < 4.78 is 2.49. The van der Waals surface area contributed by atoms with Crippen molar-refractivity contribution in [2.24, 2.45) is 5.41 Å². The minimum absolute atomic E-state index is 0.0144. The van der Waals surface area contributed by atoms with E-state index >= 15 is 0 Å². The number of H-pyrrole nitrogens is 1. The number of carbonyl (C=O) groups is 1. The van der Waals surface area contributed by atoms with Crippen molar-refractivity contribution in [2.45, 2.75) is 20.4 Å². The van der Waals surface area contributed by atoms with Crippen LogP contribution in [0, 0.1) is 10.2 Å². The highest BCUT2D eigenvalue weighted by molar-refractivity contribution is 7.71. The van der Waals surface area contributed by atoms with Gasteiger partial charge in [0.2, 0.25) is 5.91 Å². The van der Waals surface area contributed by atoms with E-state index in [4.69, 9.17) is 12.2 Å². The molecule has 14 heavy (non-hydrogen) atoms. The number of rotatable bonds is 3. The van der Waals surface area contributed by atoms with Crippen LogP contribution in [-0.2, 0) is 11.3 Å². The predicted octanol–water partition coefficient (Wildman–Crippen LogP) is 1.32. The zero-order valence-corrected chi connectivity index (χ0v) is 9.44. The van der Waals surface area contributed by atoms with Gasteiger partial charge in [0.1, 0.15) is 0 Å². The Morgan fingerprint density at radius 3 is 2.79 bits per heavy atom. The third-order valence-electron chi connectivity index (χ3n) is 2.13. The van der Waals surface area contributed by atoms with Crippen LogP contribution in [0.15, 0.2) is 12.4 Å². The van der Waals surface area contributed by atoms with Crippen LogP contribution in [0.3, 0.4) is 0 Å². The third-order valence-corrected chi connectivity index (χ3v) is 2.48. The summed E-state index contributed by atoms with van der Waals surface area (Å²) in [6.45, 7) is 4.36. The van der Waals surface area contributed by atoms with Crippen LogP contribution in [0.25, 0.3) is 0 Å². The maximum atomic E-state index is 11.5. The van der Waals surface area contributed by atoms with Crippen LogP contribution in [0.1, 0.15) is 13.8 Å². The van der Waals surface area contributed by atoms with Crippen LogP contribution < -0.4 is 5.32 Å².